The normalized spacial score (nSPS) is 11.3. The Bertz CT molecular complexity index is 1080. The van der Waals surface area contributed by atoms with Gasteiger partial charge >= 0.3 is 12.5 Å². The predicted octanol–water partition coefficient (Wildman–Crippen LogP) is 3.21. The number of hydrogen-bond donors (Lipinski definition) is 3. The van der Waals surface area contributed by atoms with Gasteiger partial charge in [-0.25, -0.2) is 9.97 Å². The van der Waals surface area contributed by atoms with E-state index in [1.807, 2.05) is 0 Å². The minimum atomic E-state index is -4.63. The highest BCUT2D eigenvalue weighted by molar-refractivity contribution is 5.98. The molecule has 0 unspecified atom stereocenters. The van der Waals surface area contributed by atoms with Gasteiger partial charge in [-0.15, -0.1) is 0 Å². The number of ether oxygens (including phenoxy) is 1. The summed E-state index contributed by atoms with van der Waals surface area (Å²) in [7, 11) is 0. The fourth-order valence-electron chi connectivity index (χ4n) is 2.60. The Labute approximate surface area is 179 Å². The van der Waals surface area contributed by atoms with Gasteiger partial charge in [0.05, 0.1) is 5.69 Å². The van der Waals surface area contributed by atoms with Crippen LogP contribution in [0.25, 0.3) is 11.3 Å². The number of amides is 1. The number of nitrogens with two attached hydrogens (primary N) is 1. The molecule has 0 bridgehead atoms. The standard InChI is InChI=1S/C20H18F4N6O2/c21-18(22)20(23,24)32-13-4-1-3-12(11-13)29-19-28-9-6-15(30-19)14-5-2-8-26-16(14)17(31)27-10-7-25/h1-6,8-9,11,18H,7,10,25H2,(H,27,31)(H,28,29,30). The Hall–Kier alpha value is -3.80. The average Bonchev–Trinajstić information content (AvgIpc) is 2.77. The van der Waals surface area contributed by atoms with Crippen LogP contribution in [0, 0.1) is 0 Å². The largest absolute Gasteiger partial charge is 0.461 e. The van der Waals surface area contributed by atoms with Crippen molar-refractivity contribution in [2.24, 2.45) is 5.73 Å². The second-order valence-electron chi connectivity index (χ2n) is 6.33. The molecule has 0 saturated heterocycles. The summed E-state index contributed by atoms with van der Waals surface area (Å²) in [5.74, 6) is -0.830. The van der Waals surface area contributed by atoms with Gasteiger partial charge in [0, 0.05) is 42.8 Å². The highest BCUT2D eigenvalue weighted by Crippen LogP contribution is 2.29. The number of carbonyl (C=O) groups excluding carboxylic acids is 1. The zero-order valence-electron chi connectivity index (χ0n) is 16.4. The van der Waals surface area contributed by atoms with Crippen LogP contribution in [0.4, 0.5) is 29.2 Å². The molecule has 0 aliphatic carbocycles. The first-order chi connectivity index (χ1) is 15.3. The number of hydrogen-bond acceptors (Lipinski definition) is 7. The van der Waals surface area contributed by atoms with Gasteiger partial charge in [0.2, 0.25) is 5.95 Å². The first-order valence-corrected chi connectivity index (χ1v) is 9.29. The van der Waals surface area contributed by atoms with Crippen LogP contribution in [0.15, 0.2) is 54.9 Å². The fraction of sp³-hybridized carbons (Fsp3) is 0.200. The summed E-state index contributed by atoms with van der Waals surface area (Å²) < 4.78 is 55.1. The second kappa shape index (κ2) is 10.0. The smallest absolute Gasteiger partial charge is 0.428 e. The highest BCUT2D eigenvalue weighted by atomic mass is 19.3. The molecule has 0 atom stereocenters. The van der Waals surface area contributed by atoms with Gasteiger partial charge < -0.3 is 21.1 Å². The van der Waals surface area contributed by atoms with Gasteiger partial charge in [0.1, 0.15) is 11.4 Å². The summed E-state index contributed by atoms with van der Waals surface area (Å²) in [5.41, 5.74) is 6.56. The molecule has 8 nitrogen and oxygen atoms in total. The molecule has 12 heteroatoms. The number of nitrogens with zero attached hydrogens (tertiary/aromatic N) is 3. The lowest BCUT2D eigenvalue weighted by Crippen LogP contribution is -2.33. The summed E-state index contributed by atoms with van der Waals surface area (Å²) in [6.45, 7) is 0.538. The van der Waals surface area contributed by atoms with Crippen LogP contribution in [0.2, 0.25) is 0 Å². The van der Waals surface area contributed by atoms with E-state index in [9.17, 15) is 22.4 Å². The second-order valence-corrected chi connectivity index (χ2v) is 6.33. The number of aromatic nitrogens is 3. The highest BCUT2D eigenvalue weighted by Gasteiger charge is 2.44. The van der Waals surface area contributed by atoms with Crippen LogP contribution < -0.4 is 21.1 Å². The first-order valence-electron chi connectivity index (χ1n) is 9.29. The van der Waals surface area contributed by atoms with E-state index in [1.54, 1.807) is 18.2 Å². The summed E-state index contributed by atoms with van der Waals surface area (Å²) in [6.07, 6.45) is -5.72. The van der Waals surface area contributed by atoms with E-state index in [4.69, 9.17) is 5.73 Å². The van der Waals surface area contributed by atoms with E-state index in [1.165, 1.54) is 24.5 Å². The molecule has 0 radical (unpaired) electrons. The van der Waals surface area contributed by atoms with Crippen molar-refractivity contribution in [1.82, 2.24) is 20.3 Å². The van der Waals surface area contributed by atoms with Crippen LogP contribution in [0.1, 0.15) is 10.5 Å². The number of alkyl halides is 4. The molecule has 4 N–H and O–H groups in total. The number of rotatable bonds is 9. The first kappa shape index (κ1) is 22.9. The molecule has 2 aromatic heterocycles. The van der Waals surface area contributed by atoms with Gasteiger partial charge in [-0.1, -0.05) is 6.07 Å². The lowest BCUT2D eigenvalue weighted by atomic mass is 10.1. The summed E-state index contributed by atoms with van der Waals surface area (Å²) in [6, 6.07) is 9.88. The average molecular weight is 450 g/mol. The minimum Gasteiger partial charge on any atom is -0.428 e. The van der Waals surface area contributed by atoms with E-state index >= 15 is 0 Å². The molecule has 2 heterocycles. The molecule has 3 rings (SSSR count). The van der Waals surface area contributed by atoms with E-state index in [-0.39, 0.29) is 30.4 Å². The quantitative estimate of drug-likeness (QED) is 0.429. The van der Waals surface area contributed by atoms with E-state index in [2.05, 4.69) is 30.3 Å². The number of pyridine rings is 1. The van der Waals surface area contributed by atoms with E-state index in [0.29, 0.717) is 11.3 Å². The van der Waals surface area contributed by atoms with E-state index < -0.39 is 24.2 Å². The molecule has 0 saturated carbocycles. The predicted molar refractivity (Wildman–Crippen MR) is 108 cm³/mol. The molecule has 0 fully saturated rings. The van der Waals surface area contributed by atoms with Crippen molar-refractivity contribution in [3.8, 4) is 17.0 Å². The Balaban J connectivity index is 1.83. The monoisotopic (exact) mass is 450 g/mol. The van der Waals surface area contributed by atoms with Crippen LogP contribution in [-0.4, -0.2) is 46.5 Å². The Morgan fingerprint density at radius 1 is 1.12 bits per heavy atom. The Morgan fingerprint density at radius 2 is 1.94 bits per heavy atom. The van der Waals surface area contributed by atoms with Gasteiger partial charge in [-0.05, 0) is 30.3 Å². The van der Waals surface area contributed by atoms with Gasteiger partial charge in [0.25, 0.3) is 5.91 Å². The van der Waals surface area contributed by atoms with Gasteiger partial charge in [0.15, 0.2) is 0 Å². The molecule has 1 amide bonds. The SMILES string of the molecule is NCCNC(=O)c1ncccc1-c1ccnc(Nc2cccc(OC(F)(F)C(F)F)c2)n1. The van der Waals surface area contributed by atoms with Crippen LogP contribution in [0.3, 0.4) is 0 Å². The molecular formula is C20H18F4N6O2. The Morgan fingerprint density at radius 3 is 2.69 bits per heavy atom. The summed E-state index contributed by atoms with van der Waals surface area (Å²) >= 11 is 0. The van der Waals surface area contributed by atoms with Gasteiger partial charge in [-0.2, -0.15) is 17.6 Å². The molecular weight excluding hydrogens is 432 g/mol. The summed E-state index contributed by atoms with van der Waals surface area (Å²) in [4.78, 5) is 24.8. The maximum atomic E-state index is 13.1. The fourth-order valence-corrected chi connectivity index (χ4v) is 2.60. The topological polar surface area (TPSA) is 115 Å². The number of anilines is 2. The number of carbonyl (C=O) groups is 1. The lowest BCUT2D eigenvalue weighted by Gasteiger charge is -2.17. The number of nitrogens with one attached hydrogen (secondary N) is 2. The third-order valence-corrected chi connectivity index (χ3v) is 3.98. The van der Waals surface area contributed by atoms with Crippen molar-refractivity contribution in [2.45, 2.75) is 12.5 Å². The number of halogens is 4. The van der Waals surface area contributed by atoms with Crippen LogP contribution in [-0.2, 0) is 0 Å². The van der Waals surface area contributed by atoms with Gasteiger partial charge in [-0.3, -0.25) is 9.78 Å². The molecule has 168 valence electrons. The molecule has 3 aromatic rings. The lowest BCUT2D eigenvalue weighted by molar-refractivity contribution is -0.253. The van der Waals surface area contributed by atoms with Crippen LogP contribution >= 0.6 is 0 Å². The minimum absolute atomic E-state index is 0.0671. The third kappa shape index (κ3) is 5.66. The maximum Gasteiger partial charge on any atom is 0.461 e. The molecule has 1 aromatic carbocycles. The molecule has 0 spiro atoms. The third-order valence-electron chi connectivity index (χ3n) is 3.98. The Kier molecular flexibility index (Phi) is 7.15. The zero-order chi connectivity index (χ0) is 23.1. The molecule has 0 aliphatic heterocycles. The van der Waals surface area contributed by atoms with Crippen molar-refractivity contribution in [2.75, 3.05) is 18.4 Å². The maximum absolute atomic E-state index is 13.1. The van der Waals surface area contributed by atoms with Crippen molar-refractivity contribution in [3.05, 3.63) is 60.6 Å². The molecule has 0 aliphatic rings. The van der Waals surface area contributed by atoms with Crippen molar-refractivity contribution in [3.63, 3.8) is 0 Å². The van der Waals surface area contributed by atoms with Crippen molar-refractivity contribution >= 4 is 17.5 Å². The van der Waals surface area contributed by atoms with Crippen molar-refractivity contribution < 1.29 is 27.1 Å². The van der Waals surface area contributed by atoms with Crippen molar-refractivity contribution in [1.29, 1.82) is 0 Å². The number of benzene rings is 1. The van der Waals surface area contributed by atoms with Crippen LogP contribution in [0.5, 0.6) is 5.75 Å². The zero-order valence-corrected chi connectivity index (χ0v) is 16.4. The van der Waals surface area contributed by atoms with E-state index in [0.717, 1.165) is 12.1 Å². The molecule has 32 heavy (non-hydrogen) atoms. The summed E-state index contributed by atoms with van der Waals surface area (Å²) in [5, 5.41) is 5.41.